The lowest BCUT2D eigenvalue weighted by atomic mass is 9.84. The number of benzene rings is 1. The van der Waals surface area contributed by atoms with Crippen molar-refractivity contribution in [2.75, 3.05) is 20.2 Å². The lowest BCUT2D eigenvalue weighted by Gasteiger charge is -2.23. The molecule has 2 rings (SSSR count). The van der Waals surface area contributed by atoms with Crippen LogP contribution in [0.4, 0.5) is 0 Å². The summed E-state index contributed by atoms with van der Waals surface area (Å²) in [5.74, 6) is 0.168. The molecule has 5 heteroatoms. The second-order valence-corrected chi connectivity index (χ2v) is 6.27. The van der Waals surface area contributed by atoms with Crippen molar-refractivity contribution in [3.05, 3.63) is 28.2 Å². The maximum atomic E-state index is 11.5. The molecule has 1 aliphatic heterocycles. The largest absolute Gasteiger partial charge is 0.496 e. The Balaban J connectivity index is 2.13. The first kappa shape index (κ1) is 15.3. The van der Waals surface area contributed by atoms with Crippen LogP contribution in [0.1, 0.15) is 25.3 Å². The van der Waals surface area contributed by atoms with Gasteiger partial charge in [-0.3, -0.25) is 9.69 Å². The maximum absolute atomic E-state index is 11.5. The summed E-state index contributed by atoms with van der Waals surface area (Å²) < 4.78 is 6.38. The zero-order valence-corrected chi connectivity index (χ0v) is 13.4. The van der Waals surface area contributed by atoms with Crippen LogP contribution in [0.2, 0.25) is 0 Å². The number of rotatable bonds is 5. The van der Waals surface area contributed by atoms with Gasteiger partial charge in [-0.05, 0) is 37.6 Å². The van der Waals surface area contributed by atoms with Crippen molar-refractivity contribution < 1.29 is 14.6 Å². The topological polar surface area (TPSA) is 49.8 Å². The molecular formula is C15H20BrNO3. The fraction of sp³-hybridized carbons (Fsp3) is 0.533. The molecule has 1 unspecified atom stereocenters. The molecule has 0 aliphatic carbocycles. The van der Waals surface area contributed by atoms with Crippen molar-refractivity contribution in [3.8, 4) is 5.75 Å². The second kappa shape index (κ2) is 6.14. The summed E-state index contributed by atoms with van der Waals surface area (Å²) in [6.45, 7) is 4.10. The number of hydrogen-bond donors (Lipinski definition) is 1. The third-order valence-corrected chi connectivity index (χ3v) is 4.69. The molecule has 4 nitrogen and oxygen atoms in total. The van der Waals surface area contributed by atoms with Gasteiger partial charge in [0, 0.05) is 23.1 Å². The molecule has 0 spiro atoms. The molecule has 0 amide bonds. The van der Waals surface area contributed by atoms with E-state index in [0.717, 1.165) is 35.3 Å². The number of aliphatic carboxylic acids is 1. The third kappa shape index (κ3) is 2.99. The molecule has 1 aromatic carbocycles. The first-order valence-electron chi connectivity index (χ1n) is 6.79. The molecule has 110 valence electrons. The molecule has 0 radical (unpaired) electrons. The predicted molar refractivity (Wildman–Crippen MR) is 80.9 cm³/mol. The zero-order valence-electron chi connectivity index (χ0n) is 11.9. The van der Waals surface area contributed by atoms with Crippen molar-refractivity contribution in [2.24, 2.45) is 5.41 Å². The highest BCUT2D eigenvalue weighted by Gasteiger charge is 2.43. The molecule has 20 heavy (non-hydrogen) atoms. The summed E-state index contributed by atoms with van der Waals surface area (Å²) in [6.07, 6.45) is 1.39. The minimum Gasteiger partial charge on any atom is -0.496 e. The zero-order chi connectivity index (χ0) is 14.8. The molecular weight excluding hydrogens is 322 g/mol. The normalized spacial score (nSPS) is 22.9. The van der Waals surface area contributed by atoms with Crippen LogP contribution in [0, 0.1) is 5.41 Å². The van der Waals surface area contributed by atoms with Crippen LogP contribution in [-0.2, 0) is 11.3 Å². The molecule has 1 aromatic rings. The van der Waals surface area contributed by atoms with E-state index in [2.05, 4.69) is 20.8 Å². The highest BCUT2D eigenvalue weighted by molar-refractivity contribution is 9.10. The van der Waals surface area contributed by atoms with Crippen LogP contribution in [0.3, 0.4) is 0 Å². The molecule has 1 N–H and O–H groups in total. The van der Waals surface area contributed by atoms with E-state index in [-0.39, 0.29) is 0 Å². The van der Waals surface area contributed by atoms with E-state index in [1.54, 1.807) is 7.11 Å². The van der Waals surface area contributed by atoms with Crippen LogP contribution in [0.5, 0.6) is 5.75 Å². The Morgan fingerprint density at radius 3 is 2.85 bits per heavy atom. The summed E-state index contributed by atoms with van der Waals surface area (Å²) in [4.78, 5) is 13.7. The highest BCUT2D eigenvalue weighted by Crippen LogP contribution is 2.36. The Bertz CT molecular complexity index is 506. The van der Waals surface area contributed by atoms with E-state index in [0.29, 0.717) is 13.0 Å². The summed E-state index contributed by atoms with van der Waals surface area (Å²) in [6, 6.07) is 5.91. The third-order valence-electron chi connectivity index (χ3n) is 4.20. The predicted octanol–water partition coefficient (Wildman–Crippen LogP) is 3.14. The van der Waals surface area contributed by atoms with Crippen LogP contribution < -0.4 is 4.74 Å². The molecule has 1 atom stereocenters. The van der Waals surface area contributed by atoms with Gasteiger partial charge in [-0.15, -0.1) is 0 Å². The van der Waals surface area contributed by atoms with Crippen LogP contribution in [0.25, 0.3) is 0 Å². The fourth-order valence-electron chi connectivity index (χ4n) is 2.82. The van der Waals surface area contributed by atoms with Gasteiger partial charge in [0.05, 0.1) is 12.5 Å². The van der Waals surface area contributed by atoms with Gasteiger partial charge >= 0.3 is 5.97 Å². The number of methoxy groups -OCH3 is 1. The minimum absolute atomic E-state index is 0.584. The van der Waals surface area contributed by atoms with E-state index in [1.807, 2.05) is 25.1 Å². The number of likely N-dealkylation sites (tertiary alicyclic amines) is 1. The van der Waals surface area contributed by atoms with E-state index < -0.39 is 11.4 Å². The highest BCUT2D eigenvalue weighted by atomic mass is 79.9. The van der Waals surface area contributed by atoms with Crippen molar-refractivity contribution in [2.45, 2.75) is 26.3 Å². The molecule has 1 fully saturated rings. The van der Waals surface area contributed by atoms with E-state index in [1.165, 1.54) is 0 Å². The number of halogens is 1. The lowest BCUT2D eigenvalue weighted by molar-refractivity contribution is -0.148. The molecule has 0 bridgehead atoms. The average molecular weight is 342 g/mol. The van der Waals surface area contributed by atoms with Gasteiger partial charge < -0.3 is 9.84 Å². The Kier molecular flexibility index (Phi) is 4.70. The maximum Gasteiger partial charge on any atom is 0.310 e. The van der Waals surface area contributed by atoms with Gasteiger partial charge in [0.15, 0.2) is 0 Å². The summed E-state index contributed by atoms with van der Waals surface area (Å²) in [5, 5.41) is 9.43. The molecule has 1 saturated heterocycles. The quantitative estimate of drug-likeness (QED) is 0.893. The van der Waals surface area contributed by atoms with Crippen LogP contribution in [0.15, 0.2) is 22.7 Å². The standard InChI is InChI=1S/C15H20BrNO3/c1-3-15(14(18)19)6-7-17(10-15)9-11-8-12(16)4-5-13(11)20-2/h4-5,8H,3,6-7,9-10H2,1-2H3,(H,18,19). The Labute approximate surface area is 127 Å². The first-order chi connectivity index (χ1) is 9.50. The Hall–Kier alpha value is -1.07. The van der Waals surface area contributed by atoms with E-state index in [9.17, 15) is 9.90 Å². The van der Waals surface area contributed by atoms with Crippen molar-refractivity contribution in [1.82, 2.24) is 4.90 Å². The second-order valence-electron chi connectivity index (χ2n) is 5.36. The number of carbonyl (C=O) groups is 1. The smallest absolute Gasteiger partial charge is 0.310 e. The SMILES string of the molecule is CCC1(C(=O)O)CCN(Cc2cc(Br)ccc2OC)C1. The Morgan fingerprint density at radius 2 is 2.30 bits per heavy atom. The average Bonchev–Trinajstić information content (AvgIpc) is 2.84. The number of hydrogen-bond acceptors (Lipinski definition) is 3. The monoisotopic (exact) mass is 341 g/mol. The summed E-state index contributed by atoms with van der Waals surface area (Å²) in [7, 11) is 1.66. The number of nitrogens with zero attached hydrogens (tertiary/aromatic N) is 1. The molecule has 0 aromatic heterocycles. The first-order valence-corrected chi connectivity index (χ1v) is 7.58. The van der Waals surface area contributed by atoms with Crippen LogP contribution >= 0.6 is 15.9 Å². The number of carboxylic acids is 1. The Morgan fingerprint density at radius 1 is 1.55 bits per heavy atom. The van der Waals surface area contributed by atoms with Crippen LogP contribution in [-0.4, -0.2) is 36.2 Å². The lowest BCUT2D eigenvalue weighted by Crippen LogP contribution is -2.33. The van der Waals surface area contributed by atoms with Gasteiger partial charge in [0.25, 0.3) is 0 Å². The summed E-state index contributed by atoms with van der Waals surface area (Å²) in [5.41, 5.74) is 0.498. The number of carboxylic acid groups (broad SMARTS) is 1. The van der Waals surface area contributed by atoms with Gasteiger partial charge in [-0.2, -0.15) is 0 Å². The number of ether oxygens (including phenoxy) is 1. The van der Waals surface area contributed by atoms with Gasteiger partial charge in [0.1, 0.15) is 5.75 Å². The van der Waals surface area contributed by atoms with E-state index >= 15 is 0 Å². The molecule has 0 saturated carbocycles. The fourth-order valence-corrected chi connectivity index (χ4v) is 3.23. The van der Waals surface area contributed by atoms with Gasteiger partial charge in [-0.1, -0.05) is 22.9 Å². The van der Waals surface area contributed by atoms with Crippen molar-refractivity contribution in [3.63, 3.8) is 0 Å². The summed E-state index contributed by atoms with van der Waals surface area (Å²) >= 11 is 3.47. The van der Waals surface area contributed by atoms with Gasteiger partial charge in [0.2, 0.25) is 0 Å². The van der Waals surface area contributed by atoms with Gasteiger partial charge in [-0.25, -0.2) is 0 Å². The molecule has 1 aliphatic rings. The minimum atomic E-state index is -0.677. The van der Waals surface area contributed by atoms with Crippen molar-refractivity contribution >= 4 is 21.9 Å². The molecule has 1 heterocycles. The van der Waals surface area contributed by atoms with E-state index in [4.69, 9.17) is 4.74 Å². The van der Waals surface area contributed by atoms with Crippen molar-refractivity contribution in [1.29, 1.82) is 0 Å².